The first-order valence-electron chi connectivity index (χ1n) is 10.7. The van der Waals surface area contributed by atoms with Crippen LogP contribution in [0.15, 0.2) is 91.1 Å². The zero-order valence-corrected chi connectivity index (χ0v) is 18.2. The number of fused-ring (bicyclic) bond motifs is 3. The standard InChI is InChI=1S/C27H18N4O3/c1-34-20-14-12-17(13-15-20)24-23-22-21(26(32)30(27(22)33)18-8-4-2-5-9-18)16-28-25(23)31(29-24)19-10-6-3-7-11-19/h2-16H,1H3. The van der Waals surface area contributed by atoms with Gasteiger partial charge in [-0.25, -0.2) is 14.6 Å². The molecule has 3 heterocycles. The molecule has 1 aliphatic heterocycles. The van der Waals surface area contributed by atoms with Crippen LogP contribution in [-0.2, 0) is 0 Å². The first kappa shape index (κ1) is 19.9. The molecule has 0 spiro atoms. The van der Waals surface area contributed by atoms with Crippen LogP contribution >= 0.6 is 0 Å². The molecule has 0 fully saturated rings. The fourth-order valence-electron chi connectivity index (χ4n) is 4.30. The number of nitrogens with zero attached hydrogens (tertiary/aromatic N) is 4. The Morgan fingerprint density at radius 3 is 2.06 bits per heavy atom. The molecule has 2 amide bonds. The second kappa shape index (κ2) is 7.67. The largest absolute Gasteiger partial charge is 0.497 e. The van der Waals surface area contributed by atoms with E-state index < -0.39 is 5.91 Å². The van der Waals surface area contributed by atoms with E-state index >= 15 is 0 Å². The number of para-hydroxylation sites is 2. The highest BCUT2D eigenvalue weighted by atomic mass is 16.5. The number of rotatable bonds is 4. The second-order valence-corrected chi connectivity index (χ2v) is 7.85. The van der Waals surface area contributed by atoms with Crippen LogP contribution in [0, 0.1) is 0 Å². The van der Waals surface area contributed by atoms with Crippen molar-refractivity contribution in [3.63, 3.8) is 0 Å². The third-order valence-corrected chi connectivity index (χ3v) is 5.93. The lowest BCUT2D eigenvalue weighted by atomic mass is 10.0. The molecule has 0 saturated heterocycles. The SMILES string of the molecule is COc1ccc(-c2nn(-c3ccccc3)c3ncc4c(c23)C(=O)N(c2ccccc2)C4=O)cc1. The fraction of sp³-hybridized carbons (Fsp3) is 0.0370. The lowest BCUT2D eigenvalue weighted by Gasteiger charge is -2.13. The first-order chi connectivity index (χ1) is 16.7. The number of methoxy groups -OCH3 is 1. The monoisotopic (exact) mass is 446 g/mol. The first-order valence-corrected chi connectivity index (χ1v) is 10.7. The van der Waals surface area contributed by atoms with Gasteiger partial charge in [-0.15, -0.1) is 0 Å². The third-order valence-electron chi connectivity index (χ3n) is 5.93. The molecule has 2 aromatic heterocycles. The van der Waals surface area contributed by atoms with Gasteiger partial charge < -0.3 is 4.74 Å². The highest BCUT2D eigenvalue weighted by Gasteiger charge is 2.40. The maximum absolute atomic E-state index is 13.7. The molecule has 6 rings (SSSR count). The molecule has 0 bridgehead atoms. The van der Waals surface area contributed by atoms with Gasteiger partial charge in [-0.3, -0.25) is 9.59 Å². The van der Waals surface area contributed by atoms with Crippen molar-refractivity contribution in [2.24, 2.45) is 0 Å². The van der Waals surface area contributed by atoms with Gasteiger partial charge in [-0.2, -0.15) is 5.10 Å². The van der Waals surface area contributed by atoms with Crippen LogP contribution in [0.3, 0.4) is 0 Å². The van der Waals surface area contributed by atoms with Crippen LogP contribution in [0.1, 0.15) is 20.7 Å². The Hall–Kier alpha value is -4.78. The fourth-order valence-corrected chi connectivity index (χ4v) is 4.30. The van der Waals surface area contributed by atoms with Crippen molar-refractivity contribution in [1.82, 2.24) is 14.8 Å². The zero-order valence-electron chi connectivity index (χ0n) is 18.2. The maximum atomic E-state index is 13.7. The topological polar surface area (TPSA) is 77.3 Å². The molecule has 5 aromatic rings. The van der Waals surface area contributed by atoms with Crippen LogP contribution < -0.4 is 9.64 Å². The molecule has 3 aromatic carbocycles. The van der Waals surface area contributed by atoms with Crippen molar-refractivity contribution in [3.8, 4) is 22.7 Å². The molecular formula is C27H18N4O3. The predicted octanol–water partition coefficient (Wildman–Crippen LogP) is 4.90. The minimum atomic E-state index is -0.395. The molecule has 0 aliphatic carbocycles. The van der Waals surface area contributed by atoms with Gasteiger partial charge >= 0.3 is 0 Å². The average molecular weight is 446 g/mol. The molecule has 7 heteroatoms. The van der Waals surface area contributed by atoms with E-state index in [1.54, 1.807) is 36.1 Å². The van der Waals surface area contributed by atoms with E-state index in [-0.39, 0.29) is 11.5 Å². The van der Waals surface area contributed by atoms with E-state index in [0.717, 1.165) is 11.3 Å². The van der Waals surface area contributed by atoms with Crippen LogP contribution in [0.2, 0.25) is 0 Å². The summed E-state index contributed by atoms with van der Waals surface area (Å²) in [5.41, 5.74) is 3.76. The van der Waals surface area contributed by atoms with Crippen LogP contribution in [-0.4, -0.2) is 33.7 Å². The average Bonchev–Trinajstić information content (AvgIpc) is 3.40. The van der Waals surface area contributed by atoms with E-state index in [4.69, 9.17) is 9.84 Å². The minimum Gasteiger partial charge on any atom is -0.497 e. The Morgan fingerprint density at radius 2 is 1.41 bits per heavy atom. The van der Waals surface area contributed by atoms with E-state index in [1.807, 2.05) is 60.7 Å². The number of ether oxygens (including phenoxy) is 1. The second-order valence-electron chi connectivity index (χ2n) is 7.85. The normalized spacial score (nSPS) is 12.9. The summed E-state index contributed by atoms with van der Waals surface area (Å²) in [6.07, 6.45) is 1.47. The predicted molar refractivity (Wildman–Crippen MR) is 128 cm³/mol. The number of carbonyl (C=O) groups excluding carboxylic acids is 2. The smallest absolute Gasteiger partial charge is 0.267 e. The number of benzene rings is 3. The highest BCUT2D eigenvalue weighted by Crippen LogP contribution is 2.38. The summed E-state index contributed by atoms with van der Waals surface area (Å²) in [7, 11) is 1.60. The quantitative estimate of drug-likeness (QED) is 0.367. The summed E-state index contributed by atoms with van der Waals surface area (Å²) < 4.78 is 7.00. The van der Waals surface area contributed by atoms with E-state index in [9.17, 15) is 9.59 Å². The number of hydrogen-bond donors (Lipinski definition) is 0. The summed E-state index contributed by atoms with van der Waals surface area (Å²) in [5, 5.41) is 5.40. The van der Waals surface area contributed by atoms with Crippen molar-refractivity contribution in [2.45, 2.75) is 0 Å². The van der Waals surface area contributed by atoms with Crippen molar-refractivity contribution >= 4 is 28.5 Å². The summed E-state index contributed by atoms with van der Waals surface area (Å²) >= 11 is 0. The molecule has 0 unspecified atom stereocenters. The molecule has 1 aliphatic rings. The van der Waals surface area contributed by atoms with Crippen LogP contribution in [0.5, 0.6) is 5.75 Å². The van der Waals surface area contributed by atoms with Gasteiger partial charge in [0.1, 0.15) is 11.4 Å². The van der Waals surface area contributed by atoms with Crippen LogP contribution in [0.25, 0.3) is 28.0 Å². The molecule has 0 saturated carbocycles. The summed E-state index contributed by atoms with van der Waals surface area (Å²) in [4.78, 5) is 32.7. The number of carbonyl (C=O) groups is 2. The minimum absolute atomic E-state index is 0.267. The van der Waals surface area contributed by atoms with Gasteiger partial charge in [0.15, 0.2) is 5.65 Å². The lowest BCUT2D eigenvalue weighted by Crippen LogP contribution is -2.29. The zero-order chi connectivity index (χ0) is 23.2. The Morgan fingerprint density at radius 1 is 0.765 bits per heavy atom. The van der Waals surface area contributed by atoms with Gasteiger partial charge in [0.05, 0.1) is 35.0 Å². The van der Waals surface area contributed by atoms with Crippen molar-refractivity contribution in [3.05, 3.63) is 102 Å². The van der Waals surface area contributed by atoms with Gasteiger partial charge in [-0.1, -0.05) is 36.4 Å². The van der Waals surface area contributed by atoms with Crippen molar-refractivity contribution in [2.75, 3.05) is 12.0 Å². The third kappa shape index (κ3) is 2.91. The molecule has 0 radical (unpaired) electrons. The number of hydrogen-bond acceptors (Lipinski definition) is 5. The highest BCUT2D eigenvalue weighted by molar-refractivity contribution is 6.38. The number of amides is 2. The number of pyridine rings is 1. The van der Waals surface area contributed by atoms with Gasteiger partial charge in [0.2, 0.25) is 0 Å². The van der Waals surface area contributed by atoms with Crippen molar-refractivity contribution < 1.29 is 14.3 Å². The van der Waals surface area contributed by atoms with Gasteiger partial charge in [0, 0.05) is 11.8 Å². The molecule has 0 atom stereocenters. The Kier molecular flexibility index (Phi) is 4.48. The van der Waals surface area contributed by atoms with Crippen LogP contribution in [0.4, 0.5) is 5.69 Å². The molecule has 164 valence electrons. The summed E-state index contributed by atoms with van der Waals surface area (Å²) in [6, 6.07) is 25.9. The van der Waals surface area contributed by atoms with Gasteiger partial charge in [0.25, 0.3) is 11.8 Å². The Balaban J connectivity index is 1.64. The Bertz CT molecular complexity index is 1560. The summed E-state index contributed by atoms with van der Waals surface area (Å²) in [5.74, 6) is -0.0740. The Labute approximate surface area is 194 Å². The number of aromatic nitrogens is 3. The molecule has 34 heavy (non-hydrogen) atoms. The number of imide groups is 1. The van der Waals surface area contributed by atoms with E-state index in [1.165, 1.54) is 11.1 Å². The van der Waals surface area contributed by atoms with Gasteiger partial charge in [-0.05, 0) is 48.5 Å². The maximum Gasteiger partial charge on any atom is 0.267 e. The van der Waals surface area contributed by atoms with E-state index in [2.05, 4.69) is 4.98 Å². The molecule has 7 nitrogen and oxygen atoms in total. The molecule has 0 N–H and O–H groups in total. The van der Waals surface area contributed by atoms with Crippen molar-refractivity contribution in [1.29, 1.82) is 0 Å². The number of anilines is 1. The lowest BCUT2D eigenvalue weighted by molar-refractivity contribution is 0.0926. The molecular weight excluding hydrogens is 428 g/mol. The summed E-state index contributed by atoms with van der Waals surface area (Å²) in [6.45, 7) is 0. The van der Waals surface area contributed by atoms with E-state index in [0.29, 0.717) is 33.7 Å².